The molecule has 106 valence electrons. The van der Waals surface area contributed by atoms with Gasteiger partial charge in [-0.15, -0.1) is 0 Å². The largest absolute Gasteiger partial charge is 0.330 e. The van der Waals surface area contributed by atoms with Crippen molar-refractivity contribution in [2.75, 3.05) is 19.4 Å². The molecule has 0 spiro atoms. The molecule has 1 aliphatic carbocycles. The maximum atomic E-state index is 12.4. The fourth-order valence-electron chi connectivity index (χ4n) is 2.82. The predicted octanol–water partition coefficient (Wildman–Crippen LogP) is 4.37. The molecule has 2 rings (SSSR count). The Bertz CT molecular complexity index is 448. The molecule has 0 radical (unpaired) electrons. The van der Waals surface area contributed by atoms with Crippen molar-refractivity contribution in [1.82, 2.24) is 0 Å². The highest BCUT2D eigenvalue weighted by molar-refractivity contribution is 7.53. The molecule has 4 heteroatoms. The average molecular weight is 282 g/mol. The normalized spacial score (nSPS) is 18.5. The van der Waals surface area contributed by atoms with Gasteiger partial charge in [-0.3, -0.25) is 4.57 Å². The van der Waals surface area contributed by atoms with E-state index in [1.807, 2.05) is 13.8 Å². The summed E-state index contributed by atoms with van der Waals surface area (Å²) in [5.41, 5.74) is 2.86. The summed E-state index contributed by atoms with van der Waals surface area (Å²) >= 11 is 0. The van der Waals surface area contributed by atoms with Gasteiger partial charge in [0.2, 0.25) is 0 Å². The second-order valence-electron chi connectivity index (χ2n) is 4.89. The SMILES string of the molecule is CCOP(=O)(CCC1CCc2ccccc21)OCC. The average Bonchev–Trinajstić information content (AvgIpc) is 2.80. The summed E-state index contributed by atoms with van der Waals surface area (Å²) in [4.78, 5) is 0. The Morgan fingerprint density at radius 2 is 1.89 bits per heavy atom. The second-order valence-corrected chi connectivity index (χ2v) is 7.08. The summed E-state index contributed by atoms with van der Waals surface area (Å²) in [5, 5.41) is 0. The third kappa shape index (κ3) is 3.68. The maximum absolute atomic E-state index is 12.4. The summed E-state index contributed by atoms with van der Waals surface area (Å²) in [6.07, 6.45) is 3.69. The molecule has 0 aliphatic heterocycles. The van der Waals surface area contributed by atoms with E-state index >= 15 is 0 Å². The van der Waals surface area contributed by atoms with Crippen molar-refractivity contribution in [3.05, 3.63) is 35.4 Å². The molecule has 0 aromatic heterocycles. The van der Waals surface area contributed by atoms with E-state index in [1.54, 1.807) is 0 Å². The Morgan fingerprint density at radius 1 is 1.21 bits per heavy atom. The van der Waals surface area contributed by atoms with Crippen LogP contribution in [0.15, 0.2) is 24.3 Å². The van der Waals surface area contributed by atoms with Crippen LogP contribution in [-0.2, 0) is 20.0 Å². The van der Waals surface area contributed by atoms with Gasteiger partial charge in [-0.2, -0.15) is 0 Å². The molecule has 0 fully saturated rings. The quantitative estimate of drug-likeness (QED) is 0.696. The first kappa shape index (κ1) is 14.8. The van der Waals surface area contributed by atoms with Crippen LogP contribution in [0.1, 0.15) is 43.7 Å². The zero-order valence-electron chi connectivity index (χ0n) is 11.8. The van der Waals surface area contributed by atoms with E-state index in [1.165, 1.54) is 11.1 Å². The van der Waals surface area contributed by atoms with Crippen LogP contribution in [0.5, 0.6) is 0 Å². The van der Waals surface area contributed by atoms with Crippen LogP contribution in [-0.4, -0.2) is 19.4 Å². The van der Waals surface area contributed by atoms with Crippen LogP contribution in [0, 0.1) is 0 Å². The Labute approximate surface area is 115 Å². The fraction of sp³-hybridized carbons (Fsp3) is 0.600. The molecule has 3 nitrogen and oxygen atoms in total. The Morgan fingerprint density at radius 3 is 2.58 bits per heavy atom. The zero-order valence-corrected chi connectivity index (χ0v) is 12.7. The lowest BCUT2D eigenvalue weighted by Crippen LogP contribution is -2.04. The van der Waals surface area contributed by atoms with E-state index < -0.39 is 7.60 Å². The van der Waals surface area contributed by atoms with E-state index in [2.05, 4.69) is 24.3 Å². The molecular weight excluding hydrogens is 259 g/mol. The third-order valence-electron chi connectivity index (χ3n) is 3.66. The minimum absolute atomic E-state index is 0.443. The molecule has 0 saturated heterocycles. The van der Waals surface area contributed by atoms with Crippen LogP contribution in [0.25, 0.3) is 0 Å². The molecule has 1 unspecified atom stereocenters. The van der Waals surface area contributed by atoms with Crippen LogP contribution in [0.3, 0.4) is 0 Å². The molecule has 1 atom stereocenters. The van der Waals surface area contributed by atoms with Crippen LogP contribution in [0.4, 0.5) is 0 Å². The van der Waals surface area contributed by atoms with Crippen LogP contribution in [0.2, 0.25) is 0 Å². The van der Waals surface area contributed by atoms with Gasteiger partial charge in [0.1, 0.15) is 0 Å². The Kier molecular flexibility index (Phi) is 5.20. The van der Waals surface area contributed by atoms with Crippen LogP contribution >= 0.6 is 7.60 Å². The Balaban J connectivity index is 1.97. The number of rotatable bonds is 7. The van der Waals surface area contributed by atoms with Crippen molar-refractivity contribution in [3.8, 4) is 0 Å². The first-order valence-corrected chi connectivity index (χ1v) is 8.87. The van der Waals surface area contributed by atoms with E-state index in [0.29, 0.717) is 25.3 Å². The molecule has 0 bridgehead atoms. The smallest absolute Gasteiger partial charge is 0.309 e. The summed E-state index contributed by atoms with van der Waals surface area (Å²) < 4.78 is 23.1. The van der Waals surface area contributed by atoms with Crippen molar-refractivity contribution in [3.63, 3.8) is 0 Å². The van der Waals surface area contributed by atoms with Crippen molar-refractivity contribution in [2.24, 2.45) is 0 Å². The van der Waals surface area contributed by atoms with Crippen molar-refractivity contribution in [2.45, 2.75) is 39.0 Å². The molecule has 1 aromatic rings. The lowest BCUT2D eigenvalue weighted by atomic mass is 9.99. The lowest BCUT2D eigenvalue weighted by molar-refractivity contribution is 0.219. The monoisotopic (exact) mass is 282 g/mol. The standard InChI is InChI=1S/C15H23O3P/c1-3-17-19(16,18-4-2)12-11-14-10-9-13-7-5-6-8-15(13)14/h5-8,14H,3-4,9-12H2,1-2H3. The van der Waals surface area contributed by atoms with E-state index in [0.717, 1.165) is 19.3 Å². The molecule has 0 amide bonds. The summed E-state index contributed by atoms with van der Waals surface area (Å²) in [6, 6.07) is 8.56. The molecular formula is C15H23O3P. The van der Waals surface area contributed by atoms with Gasteiger partial charge in [-0.05, 0) is 50.2 Å². The number of fused-ring (bicyclic) bond motifs is 1. The summed E-state index contributed by atoms with van der Waals surface area (Å²) in [5.74, 6) is 0.505. The molecule has 0 heterocycles. The van der Waals surface area contributed by atoms with E-state index in [-0.39, 0.29) is 0 Å². The van der Waals surface area contributed by atoms with Gasteiger partial charge in [-0.1, -0.05) is 24.3 Å². The first-order valence-electron chi connectivity index (χ1n) is 7.14. The Hall–Kier alpha value is -0.630. The fourth-order valence-corrected chi connectivity index (χ4v) is 4.57. The molecule has 0 N–H and O–H groups in total. The number of hydrogen-bond donors (Lipinski definition) is 0. The van der Waals surface area contributed by atoms with Gasteiger partial charge in [0.05, 0.1) is 19.4 Å². The van der Waals surface area contributed by atoms with E-state index in [9.17, 15) is 4.57 Å². The van der Waals surface area contributed by atoms with Crippen LogP contribution < -0.4 is 0 Å². The zero-order chi connectivity index (χ0) is 13.7. The molecule has 19 heavy (non-hydrogen) atoms. The van der Waals surface area contributed by atoms with E-state index in [4.69, 9.17) is 9.05 Å². The first-order chi connectivity index (χ1) is 9.18. The van der Waals surface area contributed by atoms with Gasteiger partial charge < -0.3 is 9.05 Å². The summed E-state index contributed by atoms with van der Waals surface area (Å²) in [7, 11) is -2.88. The second kappa shape index (κ2) is 6.69. The van der Waals surface area contributed by atoms with Crippen molar-refractivity contribution >= 4 is 7.60 Å². The highest BCUT2D eigenvalue weighted by atomic mass is 31.2. The lowest BCUT2D eigenvalue weighted by Gasteiger charge is -2.19. The molecule has 1 aliphatic rings. The topological polar surface area (TPSA) is 35.5 Å². The number of hydrogen-bond acceptors (Lipinski definition) is 3. The van der Waals surface area contributed by atoms with Crippen molar-refractivity contribution < 1.29 is 13.6 Å². The third-order valence-corrected chi connectivity index (χ3v) is 5.77. The number of benzene rings is 1. The highest BCUT2D eigenvalue weighted by Crippen LogP contribution is 2.50. The number of aryl methyl sites for hydroxylation is 1. The minimum Gasteiger partial charge on any atom is -0.309 e. The highest BCUT2D eigenvalue weighted by Gasteiger charge is 2.28. The van der Waals surface area contributed by atoms with Gasteiger partial charge in [0.25, 0.3) is 0 Å². The van der Waals surface area contributed by atoms with Gasteiger partial charge in [-0.25, -0.2) is 0 Å². The molecule has 0 saturated carbocycles. The van der Waals surface area contributed by atoms with Gasteiger partial charge in [0.15, 0.2) is 0 Å². The van der Waals surface area contributed by atoms with Gasteiger partial charge >= 0.3 is 7.60 Å². The maximum Gasteiger partial charge on any atom is 0.330 e. The molecule has 1 aromatic carbocycles. The van der Waals surface area contributed by atoms with Crippen molar-refractivity contribution in [1.29, 1.82) is 0 Å². The summed E-state index contributed by atoms with van der Waals surface area (Å²) in [6.45, 7) is 4.60. The predicted molar refractivity (Wildman–Crippen MR) is 77.8 cm³/mol. The van der Waals surface area contributed by atoms with Gasteiger partial charge in [0, 0.05) is 0 Å². The minimum atomic E-state index is -2.88.